The number of methoxy groups -OCH3 is 1. The Hall–Kier alpha value is -1.85. The monoisotopic (exact) mass is 423 g/mol. The Morgan fingerprint density at radius 2 is 2.09 bits per heavy atom. The highest BCUT2D eigenvalue weighted by molar-refractivity contribution is 14.1. The van der Waals surface area contributed by atoms with E-state index >= 15 is 0 Å². The first-order valence-corrected chi connectivity index (χ1v) is 7.44. The van der Waals surface area contributed by atoms with Crippen molar-refractivity contribution in [3.05, 3.63) is 30.6 Å². The van der Waals surface area contributed by atoms with Crippen molar-refractivity contribution in [3.8, 4) is 0 Å². The van der Waals surface area contributed by atoms with Gasteiger partial charge in [-0.25, -0.2) is 9.59 Å². The standard InChI is InChI=1S/C12H14IN3O6/c1-6(17)22-7-3-9(16(4-7)12(20)21-2)15-5-8(13)10(18)14-11(15)19/h5,7,9H,3-4H2,1-2H3,(H,14,18,19)/t7-,9+/m1/s1. The largest absolute Gasteiger partial charge is 0.461 e. The summed E-state index contributed by atoms with van der Waals surface area (Å²) in [6, 6.07) is 0. The van der Waals surface area contributed by atoms with Crippen LogP contribution in [0.5, 0.6) is 0 Å². The molecule has 0 spiro atoms. The highest BCUT2D eigenvalue weighted by Crippen LogP contribution is 2.28. The van der Waals surface area contributed by atoms with Crippen molar-refractivity contribution in [3.63, 3.8) is 0 Å². The molecule has 0 aliphatic carbocycles. The van der Waals surface area contributed by atoms with Gasteiger partial charge in [-0.3, -0.25) is 24.0 Å². The SMILES string of the molecule is COC(=O)N1C[C@H](OC(C)=O)C[C@H]1n1cc(I)c(=O)[nH]c1=O. The van der Waals surface area contributed by atoms with E-state index in [9.17, 15) is 19.2 Å². The number of aromatic amines is 1. The maximum atomic E-state index is 12.0. The zero-order valence-corrected chi connectivity index (χ0v) is 14.0. The topological polar surface area (TPSA) is 111 Å². The van der Waals surface area contributed by atoms with Crippen molar-refractivity contribution in [1.82, 2.24) is 14.5 Å². The van der Waals surface area contributed by atoms with E-state index in [0.717, 1.165) is 0 Å². The Kier molecular flexibility index (Phi) is 4.88. The third kappa shape index (κ3) is 3.31. The van der Waals surface area contributed by atoms with Crippen LogP contribution in [0.3, 0.4) is 0 Å². The van der Waals surface area contributed by atoms with E-state index in [2.05, 4.69) is 4.98 Å². The molecular formula is C12H14IN3O6. The average Bonchev–Trinajstić information content (AvgIpc) is 2.84. The van der Waals surface area contributed by atoms with Crippen molar-refractivity contribution in [2.24, 2.45) is 0 Å². The smallest absolute Gasteiger partial charge is 0.411 e. The normalized spacial score (nSPS) is 20.8. The second kappa shape index (κ2) is 6.50. The summed E-state index contributed by atoms with van der Waals surface area (Å²) in [5.74, 6) is -0.473. The zero-order valence-electron chi connectivity index (χ0n) is 11.9. The van der Waals surface area contributed by atoms with Gasteiger partial charge in [0.05, 0.1) is 17.2 Å². The minimum Gasteiger partial charge on any atom is -0.461 e. The van der Waals surface area contributed by atoms with E-state index < -0.39 is 35.6 Å². The maximum absolute atomic E-state index is 12.0. The van der Waals surface area contributed by atoms with Crippen LogP contribution in [-0.4, -0.2) is 46.3 Å². The van der Waals surface area contributed by atoms with Crippen molar-refractivity contribution >= 4 is 34.7 Å². The minimum absolute atomic E-state index is 0.110. The molecule has 10 heteroatoms. The molecule has 120 valence electrons. The Labute approximate surface area is 138 Å². The molecule has 0 radical (unpaired) electrons. The van der Waals surface area contributed by atoms with E-state index in [4.69, 9.17) is 9.47 Å². The van der Waals surface area contributed by atoms with Crippen LogP contribution in [0.25, 0.3) is 0 Å². The van der Waals surface area contributed by atoms with Crippen LogP contribution in [0.2, 0.25) is 0 Å². The molecule has 1 aliphatic heterocycles. The molecule has 1 aliphatic rings. The first-order chi connectivity index (χ1) is 10.3. The number of likely N-dealkylation sites (tertiary alicyclic amines) is 1. The maximum Gasteiger partial charge on any atom is 0.411 e. The molecule has 1 amide bonds. The number of rotatable bonds is 2. The number of aromatic nitrogens is 2. The third-order valence-corrected chi connectivity index (χ3v) is 3.99. The molecule has 2 atom stereocenters. The molecule has 0 bridgehead atoms. The Bertz CT molecular complexity index is 712. The van der Waals surface area contributed by atoms with Gasteiger partial charge in [-0.2, -0.15) is 0 Å². The van der Waals surface area contributed by atoms with Crippen molar-refractivity contribution in [1.29, 1.82) is 0 Å². The van der Waals surface area contributed by atoms with Gasteiger partial charge in [0.15, 0.2) is 0 Å². The number of carbonyl (C=O) groups excluding carboxylic acids is 2. The second-order valence-electron chi connectivity index (χ2n) is 4.71. The highest BCUT2D eigenvalue weighted by Gasteiger charge is 2.39. The summed E-state index contributed by atoms with van der Waals surface area (Å²) < 4.78 is 11.3. The lowest BCUT2D eigenvalue weighted by Gasteiger charge is -2.24. The first kappa shape index (κ1) is 16.5. The fourth-order valence-electron chi connectivity index (χ4n) is 2.36. The van der Waals surface area contributed by atoms with Crippen LogP contribution < -0.4 is 11.2 Å². The minimum atomic E-state index is -0.699. The van der Waals surface area contributed by atoms with Crippen LogP contribution in [-0.2, 0) is 14.3 Å². The summed E-state index contributed by atoms with van der Waals surface area (Å²) in [4.78, 5) is 49.8. The fraction of sp³-hybridized carbons (Fsp3) is 0.500. The predicted octanol–water partition coefficient (Wildman–Crippen LogP) is 0.0436. The van der Waals surface area contributed by atoms with Gasteiger partial charge in [-0.1, -0.05) is 0 Å². The number of esters is 1. The van der Waals surface area contributed by atoms with Gasteiger partial charge in [0.1, 0.15) is 12.3 Å². The van der Waals surface area contributed by atoms with Gasteiger partial charge in [0.25, 0.3) is 5.56 Å². The molecule has 22 heavy (non-hydrogen) atoms. The summed E-state index contributed by atoms with van der Waals surface area (Å²) in [6.07, 6.45) is -0.296. The summed E-state index contributed by atoms with van der Waals surface area (Å²) in [5.41, 5.74) is -1.14. The zero-order chi connectivity index (χ0) is 16.4. The van der Waals surface area contributed by atoms with Gasteiger partial charge in [0, 0.05) is 19.5 Å². The molecule has 9 nitrogen and oxygen atoms in total. The Morgan fingerprint density at radius 3 is 2.68 bits per heavy atom. The second-order valence-corrected chi connectivity index (χ2v) is 5.88. The van der Waals surface area contributed by atoms with Crippen LogP contribution in [0.4, 0.5) is 4.79 Å². The first-order valence-electron chi connectivity index (χ1n) is 6.36. The number of H-pyrrole nitrogens is 1. The summed E-state index contributed by atoms with van der Waals surface area (Å²) >= 11 is 1.79. The molecule has 2 heterocycles. The number of hydrogen-bond donors (Lipinski definition) is 1. The molecule has 1 saturated heterocycles. The van der Waals surface area contributed by atoms with Crippen LogP contribution >= 0.6 is 22.6 Å². The van der Waals surface area contributed by atoms with E-state index in [1.165, 1.54) is 29.7 Å². The number of hydrogen-bond acceptors (Lipinski definition) is 6. The molecule has 1 fully saturated rings. The van der Waals surface area contributed by atoms with Gasteiger partial charge >= 0.3 is 17.8 Å². The van der Waals surface area contributed by atoms with Crippen LogP contribution in [0.1, 0.15) is 19.5 Å². The molecule has 1 aromatic rings. The van der Waals surface area contributed by atoms with Crippen LogP contribution in [0, 0.1) is 3.57 Å². The lowest BCUT2D eigenvalue weighted by Crippen LogP contribution is -2.41. The Morgan fingerprint density at radius 1 is 1.41 bits per heavy atom. The number of carbonyl (C=O) groups is 2. The van der Waals surface area contributed by atoms with E-state index in [1.54, 1.807) is 22.6 Å². The van der Waals surface area contributed by atoms with Gasteiger partial charge < -0.3 is 9.47 Å². The van der Waals surface area contributed by atoms with Gasteiger partial charge in [-0.05, 0) is 22.6 Å². The highest BCUT2D eigenvalue weighted by atomic mass is 127. The molecule has 2 rings (SSSR count). The molecule has 0 unspecified atom stereocenters. The number of halogens is 1. The number of nitrogens with one attached hydrogen (secondary N) is 1. The Balaban J connectivity index is 2.39. The average molecular weight is 423 g/mol. The number of ether oxygens (including phenoxy) is 2. The predicted molar refractivity (Wildman–Crippen MR) is 82.4 cm³/mol. The fourth-order valence-corrected chi connectivity index (χ4v) is 2.79. The summed E-state index contributed by atoms with van der Waals surface area (Å²) in [5, 5.41) is 0. The molecule has 0 saturated carbocycles. The van der Waals surface area contributed by atoms with Crippen molar-refractivity contribution in [2.45, 2.75) is 25.6 Å². The van der Waals surface area contributed by atoms with E-state index in [1.807, 2.05) is 0 Å². The van der Waals surface area contributed by atoms with E-state index in [0.29, 0.717) is 3.57 Å². The summed E-state index contributed by atoms with van der Waals surface area (Å²) in [7, 11) is 1.22. The van der Waals surface area contributed by atoms with Crippen molar-refractivity contribution in [2.75, 3.05) is 13.7 Å². The molecular weight excluding hydrogens is 409 g/mol. The molecule has 0 aromatic carbocycles. The molecule has 1 aromatic heterocycles. The van der Waals surface area contributed by atoms with Crippen molar-refractivity contribution < 1.29 is 19.1 Å². The van der Waals surface area contributed by atoms with E-state index in [-0.39, 0.29) is 13.0 Å². The molecule has 1 N–H and O–H groups in total. The quantitative estimate of drug-likeness (QED) is 0.532. The summed E-state index contributed by atoms with van der Waals surface area (Å²) in [6.45, 7) is 1.38. The lowest BCUT2D eigenvalue weighted by molar-refractivity contribution is -0.145. The third-order valence-electron chi connectivity index (χ3n) is 3.22. The lowest BCUT2D eigenvalue weighted by atomic mass is 10.3. The number of nitrogens with zero attached hydrogens (tertiary/aromatic N) is 2. The van der Waals surface area contributed by atoms with Crippen LogP contribution in [0.15, 0.2) is 15.8 Å². The number of amides is 1. The van der Waals surface area contributed by atoms with Gasteiger partial charge in [0.2, 0.25) is 0 Å². The van der Waals surface area contributed by atoms with Gasteiger partial charge in [-0.15, -0.1) is 0 Å².